The Balaban J connectivity index is 0.00000261. The van der Waals surface area contributed by atoms with Crippen molar-refractivity contribution in [2.75, 3.05) is 26.7 Å². The van der Waals surface area contributed by atoms with Gasteiger partial charge in [0.25, 0.3) is 0 Å². The number of halogens is 1. The number of carbonyl (C=O) groups is 1. The first-order chi connectivity index (χ1) is 12.8. The first-order valence-corrected chi connectivity index (χ1v) is 9.75. The van der Waals surface area contributed by atoms with E-state index >= 15 is 0 Å². The molecule has 1 aromatic carbocycles. The van der Waals surface area contributed by atoms with Crippen molar-refractivity contribution in [2.45, 2.75) is 44.6 Å². The number of nitrogens with one attached hydrogen (secondary N) is 2. The summed E-state index contributed by atoms with van der Waals surface area (Å²) in [6, 6.07) is 10.9. The smallest absolute Gasteiger partial charge is 0.239 e. The monoisotopic (exact) mass is 482 g/mol. The fourth-order valence-electron chi connectivity index (χ4n) is 3.79. The Morgan fingerprint density at radius 1 is 1.19 bits per heavy atom. The van der Waals surface area contributed by atoms with E-state index in [4.69, 9.17) is 0 Å². The normalized spacial score (nSPS) is 18.3. The van der Waals surface area contributed by atoms with Crippen molar-refractivity contribution in [1.82, 2.24) is 15.5 Å². The first-order valence-electron chi connectivity index (χ1n) is 9.75. The van der Waals surface area contributed by atoms with Crippen LogP contribution in [0.2, 0.25) is 0 Å². The maximum Gasteiger partial charge on any atom is 0.239 e. The van der Waals surface area contributed by atoms with Crippen LogP contribution in [-0.2, 0) is 4.79 Å². The van der Waals surface area contributed by atoms with Gasteiger partial charge in [0.15, 0.2) is 5.96 Å². The van der Waals surface area contributed by atoms with Crippen molar-refractivity contribution in [3.05, 3.63) is 42.0 Å². The topological polar surface area (TPSA) is 56.7 Å². The van der Waals surface area contributed by atoms with Gasteiger partial charge < -0.3 is 15.5 Å². The van der Waals surface area contributed by atoms with E-state index in [1.807, 2.05) is 6.07 Å². The minimum atomic E-state index is 0. The van der Waals surface area contributed by atoms with Crippen LogP contribution < -0.4 is 10.6 Å². The highest BCUT2D eigenvalue weighted by atomic mass is 127. The van der Waals surface area contributed by atoms with Gasteiger partial charge in [0.1, 0.15) is 0 Å². The van der Waals surface area contributed by atoms with Gasteiger partial charge in [-0.1, -0.05) is 55.7 Å². The van der Waals surface area contributed by atoms with Gasteiger partial charge in [-0.15, -0.1) is 24.0 Å². The predicted octanol–water partition coefficient (Wildman–Crippen LogP) is 3.42. The fourth-order valence-corrected chi connectivity index (χ4v) is 3.79. The molecule has 148 valence electrons. The highest BCUT2D eigenvalue weighted by Crippen LogP contribution is 2.22. The fraction of sp³-hybridized carbons (Fsp3) is 0.524. The zero-order valence-corrected chi connectivity index (χ0v) is 18.4. The number of hydrogen-bond donors (Lipinski definition) is 2. The second kappa shape index (κ2) is 11.3. The van der Waals surface area contributed by atoms with Gasteiger partial charge in [0.05, 0.1) is 6.54 Å². The molecular weight excluding hydrogens is 451 g/mol. The molecule has 0 atom stereocenters. The molecular formula is C21H31IN4O. The Morgan fingerprint density at radius 3 is 2.56 bits per heavy atom. The lowest BCUT2D eigenvalue weighted by atomic mass is 9.95. The Morgan fingerprint density at radius 2 is 1.93 bits per heavy atom. The molecule has 0 aromatic heterocycles. The van der Waals surface area contributed by atoms with Crippen molar-refractivity contribution in [3.63, 3.8) is 0 Å². The molecule has 27 heavy (non-hydrogen) atoms. The number of guanidine groups is 1. The zero-order chi connectivity index (χ0) is 18.2. The molecule has 1 aliphatic heterocycles. The number of hydrogen-bond acceptors (Lipinski definition) is 2. The molecule has 3 rings (SSSR count). The average Bonchev–Trinajstić information content (AvgIpc) is 2.70. The van der Waals surface area contributed by atoms with Crippen LogP contribution in [0.1, 0.15) is 44.1 Å². The molecule has 5 nitrogen and oxygen atoms in total. The molecule has 0 spiro atoms. The summed E-state index contributed by atoms with van der Waals surface area (Å²) >= 11 is 0. The number of aliphatic imine (C=N–C) groups is 1. The lowest BCUT2D eigenvalue weighted by molar-refractivity contribution is -0.120. The maximum absolute atomic E-state index is 12.2. The van der Waals surface area contributed by atoms with Gasteiger partial charge in [0, 0.05) is 26.2 Å². The summed E-state index contributed by atoms with van der Waals surface area (Å²) in [5, 5.41) is 6.36. The van der Waals surface area contributed by atoms with E-state index in [9.17, 15) is 4.79 Å². The molecule has 2 N–H and O–H groups in total. The number of nitrogens with zero attached hydrogens (tertiary/aromatic N) is 2. The van der Waals surface area contributed by atoms with E-state index in [0.29, 0.717) is 6.04 Å². The van der Waals surface area contributed by atoms with Gasteiger partial charge in [-0.2, -0.15) is 0 Å². The number of benzene rings is 1. The Labute approximate surface area is 179 Å². The van der Waals surface area contributed by atoms with Crippen LogP contribution in [0.25, 0.3) is 5.57 Å². The molecule has 1 aromatic rings. The minimum Gasteiger partial charge on any atom is -0.352 e. The Bertz CT molecular complexity index is 653. The predicted molar refractivity (Wildman–Crippen MR) is 122 cm³/mol. The van der Waals surface area contributed by atoms with Crippen LogP contribution in [0, 0.1) is 0 Å². The minimum absolute atomic E-state index is 0. The van der Waals surface area contributed by atoms with E-state index in [-0.39, 0.29) is 36.4 Å². The summed E-state index contributed by atoms with van der Waals surface area (Å²) in [4.78, 5) is 18.7. The average molecular weight is 482 g/mol. The van der Waals surface area contributed by atoms with Crippen molar-refractivity contribution >= 4 is 41.4 Å². The number of rotatable bonds is 4. The molecule has 0 saturated heterocycles. The molecule has 1 heterocycles. The first kappa shape index (κ1) is 21.7. The third-order valence-corrected chi connectivity index (χ3v) is 5.24. The second-order valence-corrected chi connectivity index (χ2v) is 7.09. The summed E-state index contributed by atoms with van der Waals surface area (Å²) in [5.41, 5.74) is 2.68. The third-order valence-electron chi connectivity index (χ3n) is 5.24. The molecule has 0 radical (unpaired) electrons. The molecule has 0 bridgehead atoms. The summed E-state index contributed by atoms with van der Waals surface area (Å²) < 4.78 is 0. The SMILES string of the molecule is CN=C(NCC(=O)NC1CCCCC1)N1CC=C(c2ccccc2)CC1.I. The largest absolute Gasteiger partial charge is 0.352 e. The maximum atomic E-state index is 12.2. The quantitative estimate of drug-likeness (QED) is 0.393. The van der Waals surface area contributed by atoms with Crippen LogP contribution in [0.15, 0.2) is 41.4 Å². The standard InChI is InChI=1S/C21H30N4O.HI/c1-22-21(23-16-20(26)24-19-10-6-3-7-11-19)25-14-12-18(13-15-25)17-8-4-2-5-9-17;/h2,4-5,8-9,12,19H,3,6-7,10-11,13-16H2,1H3,(H,22,23)(H,24,26);1H. The molecule has 1 fully saturated rings. The van der Waals surface area contributed by atoms with Gasteiger partial charge in [-0.05, 0) is 30.4 Å². The number of amides is 1. The van der Waals surface area contributed by atoms with Crippen LogP contribution in [0.4, 0.5) is 0 Å². The van der Waals surface area contributed by atoms with Gasteiger partial charge in [0.2, 0.25) is 5.91 Å². The lowest BCUT2D eigenvalue weighted by Crippen LogP contribution is -2.48. The van der Waals surface area contributed by atoms with Gasteiger partial charge >= 0.3 is 0 Å². The Hall–Kier alpha value is -1.57. The van der Waals surface area contributed by atoms with E-state index in [2.05, 4.69) is 50.9 Å². The summed E-state index contributed by atoms with van der Waals surface area (Å²) in [7, 11) is 1.78. The Kier molecular flexibility index (Phi) is 9.10. The highest BCUT2D eigenvalue weighted by molar-refractivity contribution is 14.0. The van der Waals surface area contributed by atoms with Crippen molar-refractivity contribution in [1.29, 1.82) is 0 Å². The van der Waals surface area contributed by atoms with Crippen LogP contribution in [-0.4, -0.2) is 49.5 Å². The number of carbonyl (C=O) groups excluding carboxylic acids is 1. The van der Waals surface area contributed by atoms with Gasteiger partial charge in [-0.3, -0.25) is 9.79 Å². The van der Waals surface area contributed by atoms with Crippen LogP contribution >= 0.6 is 24.0 Å². The third kappa shape index (κ3) is 6.52. The van der Waals surface area contributed by atoms with E-state index in [1.165, 1.54) is 30.4 Å². The summed E-state index contributed by atoms with van der Waals surface area (Å²) in [5.74, 6) is 0.864. The van der Waals surface area contributed by atoms with Gasteiger partial charge in [-0.25, -0.2) is 0 Å². The zero-order valence-electron chi connectivity index (χ0n) is 16.1. The molecule has 6 heteroatoms. The van der Waals surface area contributed by atoms with Crippen LogP contribution in [0.5, 0.6) is 0 Å². The molecule has 1 amide bonds. The van der Waals surface area contributed by atoms with Crippen molar-refractivity contribution in [3.8, 4) is 0 Å². The van der Waals surface area contributed by atoms with Crippen LogP contribution in [0.3, 0.4) is 0 Å². The van der Waals surface area contributed by atoms with E-state index in [1.54, 1.807) is 7.05 Å². The highest BCUT2D eigenvalue weighted by Gasteiger charge is 2.18. The van der Waals surface area contributed by atoms with Crippen molar-refractivity contribution < 1.29 is 4.79 Å². The molecule has 1 aliphatic carbocycles. The lowest BCUT2D eigenvalue weighted by Gasteiger charge is -2.30. The second-order valence-electron chi connectivity index (χ2n) is 7.09. The summed E-state index contributed by atoms with van der Waals surface area (Å²) in [6.07, 6.45) is 9.21. The molecule has 2 aliphatic rings. The molecule has 1 saturated carbocycles. The molecule has 0 unspecified atom stereocenters. The van der Waals surface area contributed by atoms with E-state index < -0.39 is 0 Å². The van der Waals surface area contributed by atoms with Crippen molar-refractivity contribution in [2.24, 2.45) is 4.99 Å². The van der Waals surface area contributed by atoms with E-state index in [0.717, 1.165) is 38.3 Å². The summed E-state index contributed by atoms with van der Waals surface area (Å²) in [6.45, 7) is 2.01.